The van der Waals surface area contributed by atoms with Gasteiger partial charge in [0, 0.05) is 41.3 Å². The van der Waals surface area contributed by atoms with Crippen LogP contribution in [0.25, 0.3) is 22.3 Å². The van der Waals surface area contributed by atoms with Gasteiger partial charge in [0.05, 0.1) is 5.69 Å². The van der Waals surface area contributed by atoms with Crippen molar-refractivity contribution in [1.82, 2.24) is 15.2 Å². The minimum Gasteiger partial charge on any atom is -0.353 e. The summed E-state index contributed by atoms with van der Waals surface area (Å²) in [5.41, 5.74) is 7.01. The summed E-state index contributed by atoms with van der Waals surface area (Å²) < 4.78 is 0. The van der Waals surface area contributed by atoms with Crippen LogP contribution >= 0.6 is 0 Å². The van der Waals surface area contributed by atoms with Crippen molar-refractivity contribution >= 4 is 22.5 Å². The minimum atomic E-state index is 0.147. The van der Waals surface area contributed by atoms with Crippen LogP contribution in [0.2, 0.25) is 0 Å². The van der Waals surface area contributed by atoms with Gasteiger partial charge in [-0.15, -0.1) is 0 Å². The molecule has 0 fully saturated rings. The van der Waals surface area contributed by atoms with Crippen molar-refractivity contribution in [2.75, 3.05) is 11.9 Å². The van der Waals surface area contributed by atoms with Crippen LogP contribution in [0.5, 0.6) is 0 Å². The fourth-order valence-electron chi connectivity index (χ4n) is 4.16. The largest absolute Gasteiger partial charge is 0.353 e. The first-order valence-corrected chi connectivity index (χ1v) is 10.2. The van der Waals surface area contributed by atoms with Gasteiger partial charge < -0.3 is 9.88 Å². The lowest BCUT2D eigenvalue weighted by Gasteiger charge is -2.28. The predicted molar refractivity (Wildman–Crippen MR) is 115 cm³/mol. The number of H-pyrrole nitrogens is 2. The lowest BCUT2D eigenvalue weighted by atomic mass is 9.76. The molecule has 0 radical (unpaired) electrons. The van der Waals surface area contributed by atoms with Crippen molar-refractivity contribution in [3.63, 3.8) is 0 Å². The summed E-state index contributed by atoms with van der Waals surface area (Å²) in [4.78, 5) is 17.7. The zero-order valence-electron chi connectivity index (χ0n) is 17.5. The predicted octanol–water partition coefficient (Wildman–Crippen LogP) is 5.08. The van der Waals surface area contributed by atoms with E-state index in [0.29, 0.717) is 17.8 Å². The Morgan fingerprint density at radius 2 is 2.07 bits per heavy atom. The van der Waals surface area contributed by atoms with Gasteiger partial charge in [-0.05, 0) is 54.9 Å². The van der Waals surface area contributed by atoms with Gasteiger partial charge >= 0.3 is 0 Å². The second-order valence-electron chi connectivity index (χ2n) is 9.38. The van der Waals surface area contributed by atoms with E-state index in [2.05, 4.69) is 61.1 Å². The quantitative estimate of drug-likeness (QED) is 0.665. The van der Waals surface area contributed by atoms with Crippen LogP contribution in [0.4, 0.5) is 5.69 Å². The molecule has 148 valence electrons. The monoisotopic (exact) mass is 378 g/mol. The van der Waals surface area contributed by atoms with Gasteiger partial charge in [0.2, 0.25) is 5.91 Å². The molecule has 1 aromatic carbocycles. The summed E-state index contributed by atoms with van der Waals surface area (Å²) in [6, 6.07) is 8.28. The molecular weight excluding hydrogens is 348 g/mol. The number of amides is 1. The van der Waals surface area contributed by atoms with Crippen molar-refractivity contribution in [3.05, 3.63) is 35.5 Å². The molecule has 28 heavy (non-hydrogen) atoms. The first-order chi connectivity index (χ1) is 13.2. The summed E-state index contributed by atoms with van der Waals surface area (Å²) in [7, 11) is 1.85. The number of rotatable bonds is 4. The van der Waals surface area contributed by atoms with E-state index in [1.807, 2.05) is 13.1 Å². The van der Waals surface area contributed by atoms with Gasteiger partial charge in [0.15, 0.2) is 0 Å². The first-order valence-electron chi connectivity index (χ1n) is 10.2. The molecule has 0 atom stereocenters. The van der Waals surface area contributed by atoms with Crippen LogP contribution in [0.3, 0.4) is 0 Å². The lowest BCUT2D eigenvalue weighted by molar-refractivity contribution is -0.119. The molecule has 0 saturated heterocycles. The molecule has 0 bridgehead atoms. The zero-order chi connectivity index (χ0) is 20.1. The highest BCUT2D eigenvalue weighted by atomic mass is 16.2. The van der Waals surface area contributed by atoms with Gasteiger partial charge in [0.25, 0.3) is 0 Å². The summed E-state index contributed by atoms with van der Waals surface area (Å²) in [6.07, 6.45) is 3.84. The van der Waals surface area contributed by atoms with Crippen molar-refractivity contribution in [2.45, 2.75) is 53.4 Å². The molecule has 4 rings (SSSR count). The highest BCUT2D eigenvalue weighted by Gasteiger charge is 2.29. The number of fused-ring (bicyclic) bond motifs is 2. The van der Waals surface area contributed by atoms with Crippen molar-refractivity contribution < 1.29 is 4.79 Å². The number of carbonyl (C=O) groups is 1. The average molecular weight is 379 g/mol. The molecule has 3 aromatic rings. The molecule has 5 heteroatoms. The number of nitrogens with one attached hydrogen (secondary N) is 2. The molecule has 1 aliphatic rings. The third kappa shape index (κ3) is 3.46. The molecule has 2 N–H and O–H groups in total. The van der Waals surface area contributed by atoms with Crippen LogP contribution in [0.15, 0.2) is 24.3 Å². The number of carbonyl (C=O) groups excluding carboxylic acids is 1. The Labute approximate surface area is 166 Å². The van der Waals surface area contributed by atoms with E-state index in [1.165, 1.54) is 17.7 Å². The third-order valence-corrected chi connectivity index (χ3v) is 5.86. The van der Waals surface area contributed by atoms with Crippen LogP contribution in [-0.2, 0) is 17.6 Å². The van der Waals surface area contributed by atoms with Gasteiger partial charge in [-0.2, -0.15) is 5.10 Å². The molecule has 0 saturated carbocycles. The molecule has 0 spiro atoms. The van der Waals surface area contributed by atoms with Crippen LogP contribution in [0.1, 0.15) is 51.8 Å². The van der Waals surface area contributed by atoms with E-state index < -0.39 is 0 Å². The van der Waals surface area contributed by atoms with Crippen LogP contribution < -0.4 is 4.90 Å². The van der Waals surface area contributed by atoms with Crippen molar-refractivity contribution in [2.24, 2.45) is 11.3 Å². The van der Waals surface area contributed by atoms with E-state index in [4.69, 9.17) is 0 Å². The van der Waals surface area contributed by atoms with Gasteiger partial charge in [0.1, 0.15) is 5.69 Å². The molecule has 1 amide bonds. The number of aromatic amines is 2. The molecule has 0 unspecified atom stereocenters. The Morgan fingerprint density at radius 3 is 2.82 bits per heavy atom. The normalized spacial score (nSPS) is 15.8. The summed E-state index contributed by atoms with van der Waals surface area (Å²) >= 11 is 0. The second-order valence-corrected chi connectivity index (χ2v) is 9.38. The standard InChI is InChI=1S/C23H30N4O/c1-14(2)10-21(28)27(5)16-6-7-18-15(11-16)12-19(24-18)22-17-8-9-23(3,4)13-20(17)25-26-22/h6-7,11-12,14,24H,8-10,13H2,1-5H3,(H,25,26). The first kappa shape index (κ1) is 18.8. The second kappa shape index (κ2) is 6.80. The zero-order valence-corrected chi connectivity index (χ0v) is 17.5. The van der Waals surface area contributed by atoms with Gasteiger partial charge in [-0.25, -0.2) is 0 Å². The SMILES string of the molecule is CC(C)CC(=O)N(C)c1ccc2[nH]c(-c3n[nH]c4c3CCC(C)(C)C4)cc2c1. The summed E-state index contributed by atoms with van der Waals surface area (Å²) in [5.74, 6) is 0.502. The Hall–Kier alpha value is -2.56. The lowest BCUT2D eigenvalue weighted by Crippen LogP contribution is -2.27. The molecule has 0 aliphatic heterocycles. The van der Waals surface area contributed by atoms with Gasteiger partial charge in [-0.3, -0.25) is 9.89 Å². The number of aromatic nitrogens is 3. The molecular formula is C23H30N4O. The molecule has 2 heterocycles. The smallest absolute Gasteiger partial charge is 0.226 e. The fraction of sp³-hybridized carbons (Fsp3) is 0.478. The average Bonchev–Trinajstić information content (AvgIpc) is 3.21. The van der Waals surface area contributed by atoms with E-state index in [-0.39, 0.29) is 5.91 Å². The number of anilines is 1. The maximum absolute atomic E-state index is 12.4. The Balaban J connectivity index is 1.65. The molecule has 2 aromatic heterocycles. The fourth-order valence-corrected chi connectivity index (χ4v) is 4.16. The van der Waals surface area contributed by atoms with Gasteiger partial charge in [-0.1, -0.05) is 27.7 Å². The van der Waals surface area contributed by atoms with E-state index in [9.17, 15) is 4.79 Å². The third-order valence-electron chi connectivity index (χ3n) is 5.86. The Kier molecular flexibility index (Phi) is 4.56. The van der Waals surface area contributed by atoms with E-state index in [0.717, 1.165) is 40.8 Å². The van der Waals surface area contributed by atoms with Crippen LogP contribution in [0, 0.1) is 11.3 Å². The maximum Gasteiger partial charge on any atom is 0.226 e. The van der Waals surface area contributed by atoms with E-state index >= 15 is 0 Å². The summed E-state index contributed by atoms with van der Waals surface area (Å²) in [6.45, 7) is 8.77. The Morgan fingerprint density at radius 1 is 1.29 bits per heavy atom. The Bertz CT molecular complexity index is 1020. The van der Waals surface area contributed by atoms with E-state index in [1.54, 1.807) is 4.90 Å². The van der Waals surface area contributed by atoms with Crippen molar-refractivity contribution in [1.29, 1.82) is 0 Å². The highest BCUT2D eigenvalue weighted by Crippen LogP contribution is 2.38. The number of hydrogen-bond acceptors (Lipinski definition) is 2. The minimum absolute atomic E-state index is 0.147. The number of benzene rings is 1. The number of hydrogen-bond donors (Lipinski definition) is 2. The van der Waals surface area contributed by atoms with Crippen molar-refractivity contribution in [3.8, 4) is 11.4 Å². The highest BCUT2D eigenvalue weighted by molar-refractivity contribution is 5.96. The van der Waals surface area contributed by atoms with Crippen LogP contribution in [-0.4, -0.2) is 28.1 Å². The topological polar surface area (TPSA) is 64.8 Å². The molecule has 1 aliphatic carbocycles. The molecule has 5 nitrogen and oxygen atoms in total. The number of nitrogens with zero attached hydrogens (tertiary/aromatic N) is 2. The summed E-state index contributed by atoms with van der Waals surface area (Å²) in [5, 5.41) is 8.99. The maximum atomic E-state index is 12.4.